The Morgan fingerprint density at radius 1 is 1.43 bits per heavy atom. The number of nitrogens with one attached hydrogen (secondary N) is 1. The van der Waals surface area contributed by atoms with Crippen molar-refractivity contribution in [3.8, 4) is 0 Å². The van der Waals surface area contributed by atoms with E-state index in [1.165, 1.54) is 18.4 Å². The highest BCUT2D eigenvalue weighted by Gasteiger charge is 2.46. The number of cyclic esters (lactones) is 1. The molecule has 1 aliphatic rings. The van der Waals surface area contributed by atoms with Crippen LogP contribution in [0.15, 0.2) is 0 Å². The van der Waals surface area contributed by atoms with Crippen LogP contribution in [-0.4, -0.2) is 35.5 Å². The fraction of sp³-hybridized carbons (Fsp3) is 0.600. The van der Waals surface area contributed by atoms with E-state index >= 15 is 0 Å². The third-order valence-corrected chi connectivity index (χ3v) is 4.96. The Hall–Kier alpha value is -1.96. The number of thiazole rings is 1. The average molecular weight is 340 g/mol. The Bertz CT molecular complexity index is 650. The molecule has 1 amide bonds. The van der Waals surface area contributed by atoms with Gasteiger partial charge in [-0.15, -0.1) is 11.3 Å². The van der Waals surface area contributed by atoms with Gasteiger partial charge < -0.3 is 14.8 Å². The molecule has 0 aliphatic carbocycles. The van der Waals surface area contributed by atoms with E-state index < -0.39 is 23.5 Å². The molecule has 0 saturated carbocycles. The molecule has 1 aliphatic heterocycles. The van der Waals surface area contributed by atoms with Crippen molar-refractivity contribution >= 4 is 34.3 Å². The number of carbonyl (C=O) groups excluding carboxylic acids is 3. The van der Waals surface area contributed by atoms with Crippen molar-refractivity contribution in [2.75, 3.05) is 12.4 Å². The first kappa shape index (κ1) is 17.4. The van der Waals surface area contributed by atoms with Crippen molar-refractivity contribution in [1.29, 1.82) is 0 Å². The van der Waals surface area contributed by atoms with Gasteiger partial charge in [-0.05, 0) is 19.8 Å². The zero-order valence-electron chi connectivity index (χ0n) is 13.8. The molecule has 23 heavy (non-hydrogen) atoms. The van der Waals surface area contributed by atoms with Gasteiger partial charge >= 0.3 is 11.9 Å². The Kier molecular flexibility index (Phi) is 4.74. The number of nitrogens with zero attached hydrogens (tertiary/aromatic N) is 1. The highest BCUT2D eigenvalue weighted by atomic mass is 32.1. The van der Waals surface area contributed by atoms with E-state index in [1.807, 2.05) is 13.8 Å². The molecule has 8 heteroatoms. The zero-order valence-corrected chi connectivity index (χ0v) is 14.6. The number of hydrogen-bond acceptors (Lipinski definition) is 7. The lowest BCUT2D eigenvalue weighted by molar-refractivity contribution is -0.147. The molecule has 0 radical (unpaired) electrons. The van der Waals surface area contributed by atoms with Crippen LogP contribution in [0.25, 0.3) is 0 Å². The molecule has 0 spiro atoms. The summed E-state index contributed by atoms with van der Waals surface area (Å²) in [6.45, 7) is 7.25. The lowest BCUT2D eigenvalue weighted by Gasteiger charge is -2.23. The van der Waals surface area contributed by atoms with Gasteiger partial charge in [-0.1, -0.05) is 13.8 Å². The van der Waals surface area contributed by atoms with Crippen LogP contribution < -0.4 is 5.32 Å². The molecule has 1 aromatic heterocycles. The first-order valence-electron chi connectivity index (χ1n) is 7.27. The van der Waals surface area contributed by atoms with Crippen molar-refractivity contribution in [3.05, 3.63) is 10.6 Å². The van der Waals surface area contributed by atoms with Crippen LogP contribution in [0.5, 0.6) is 0 Å². The zero-order chi connectivity index (χ0) is 17.4. The third-order valence-electron chi connectivity index (χ3n) is 3.69. The van der Waals surface area contributed by atoms with E-state index in [0.717, 1.165) is 4.88 Å². The summed E-state index contributed by atoms with van der Waals surface area (Å²) in [6.07, 6.45) is 0.0328. The van der Waals surface area contributed by atoms with Crippen molar-refractivity contribution in [1.82, 2.24) is 4.98 Å². The number of amides is 1. The van der Waals surface area contributed by atoms with Gasteiger partial charge in [0.15, 0.2) is 10.8 Å². The van der Waals surface area contributed by atoms with Crippen LogP contribution in [0.1, 0.15) is 55.4 Å². The molecular weight excluding hydrogens is 320 g/mol. The van der Waals surface area contributed by atoms with E-state index in [2.05, 4.69) is 10.3 Å². The van der Waals surface area contributed by atoms with Gasteiger partial charge in [0.2, 0.25) is 5.91 Å². The summed E-state index contributed by atoms with van der Waals surface area (Å²) in [5.74, 6) is -1.80. The maximum absolute atomic E-state index is 12.4. The summed E-state index contributed by atoms with van der Waals surface area (Å²) in [5, 5.41) is 3.00. The molecule has 1 aromatic rings. The molecule has 2 rings (SSSR count). The Balaban J connectivity index is 2.22. The lowest BCUT2D eigenvalue weighted by Crippen LogP contribution is -2.36. The van der Waals surface area contributed by atoms with Crippen LogP contribution in [0, 0.1) is 5.92 Å². The van der Waals surface area contributed by atoms with Crippen molar-refractivity contribution in [2.24, 2.45) is 5.92 Å². The van der Waals surface area contributed by atoms with Gasteiger partial charge in [0, 0.05) is 4.88 Å². The summed E-state index contributed by atoms with van der Waals surface area (Å²) in [7, 11) is 1.29. The van der Waals surface area contributed by atoms with Crippen LogP contribution in [0.2, 0.25) is 0 Å². The fourth-order valence-corrected chi connectivity index (χ4v) is 3.40. The minimum Gasteiger partial charge on any atom is -0.464 e. The number of carbonyl (C=O) groups is 3. The van der Waals surface area contributed by atoms with Gasteiger partial charge in [-0.2, -0.15) is 0 Å². The maximum atomic E-state index is 12.4. The molecule has 1 saturated heterocycles. The Morgan fingerprint density at radius 3 is 2.57 bits per heavy atom. The molecule has 1 unspecified atom stereocenters. The molecule has 7 nitrogen and oxygen atoms in total. The number of esters is 2. The number of methoxy groups -OCH3 is 1. The summed E-state index contributed by atoms with van der Waals surface area (Å²) in [6, 6.07) is 0. The smallest absolute Gasteiger partial charge is 0.357 e. The summed E-state index contributed by atoms with van der Waals surface area (Å²) in [5.41, 5.74) is -0.648. The van der Waals surface area contributed by atoms with Gasteiger partial charge in [0.25, 0.3) is 0 Å². The number of aromatic nitrogens is 1. The summed E-state index contributed by atoms with van der Waals surface area (Å²) >= 11 is 1.23. The SMILES string of the molecule is COC(=O)c1nc(NC(=O)C2CC(=O)OC2(C)C)sc1C(C)C. The molecule has 0 bridgehead atoms. The standard InChI is InChI=1S/C15H20N2O5S/c1-7(2)11-10(13(20)21-5)16-14(23-11)17-12(19)8-6-9(18)22-15(8,3)4/h7-8H,6H2,1-5H3,(H,16,17,19). The molecule has 0 aromatic carbocycles. The quantitative estimate of drug-likeness (QED) is 0.845. The minimum absolute atomic E-state index is 0.0328. The predicted molar refractivity (Wildman–Crippen MR) is 84.5 cm³/mol. The van der Waals surface area contributed by atoms with E-state index in [0.29, 0.717) is 5.13 Å². The van der Waals surface area contributed by atoms with Gasteiger partial charge in [0.1, 0.15) is 5.60 Å². The highest BCUT2D eigenvalue weighted by Crippen LogP contribution is 2.35. The first-order valence-corrected chi connectivity index (χ1v) is 8.09. The van der Waals surface area contributed by atoms with Crippen LogP contribution in [0.3, 0.4) is 0 Å². The summed E-state index contributed by atoms with van der Waals surface area (Å²) < 4.78 is 9.87. The largest absolute Gasteiger partial charge is 0.464 e. The molecule has 1 atom stereocenters. The molecule has 126 valence electrons. The van der Waals surface area contributed by atoms with Crippen LogP contribution in [-0.2, 0) is 19.1 Å². The third kappa shape index (κ3) is 3.52. The van der Waals surface area contributed by atoms with Gasteiger partial charge in [-0.25, -0.2) is 9.78 Å². The number of anilines is 1. The normalized spacial score (nSPS) is 19.6. The fourth-order valence-electron chi connectivity index (χ4n) is 2.44. The number of hydrogen-bond donors (Lipinski definition) is 1. The second kappa shape index (κ2) is 6.27. The van der Waals surface area contributed by atoms with E-state index in [1.54, 1.807) is 13.8 Å². The van der Waals surface area contributed by atoms with E-state index in [-0.39, 0.29) is 23.9 Å². The van der Waals surface area contributed by atoms with Crippen molar-refractivity contribution in [2.45, 2.75) is 45.6 Å². The van der Waals surface area contributed by atoms with E-state index in [9.17, 15) is 14.4 Å². The van der Waals surface area contributed by atoms with Crippen LogP contribution in [0.4, 0.5) is 5.13 Å². The topological polar surface area (TPSA) is 94.6 Å². The molecule has 1 fully saturated rings. The molecule has 1 N–H and O–H groups in total. The predicted octanol–water partition coefficient (Wildman–Crippen LogP) is 2.33. The second-order valence-electron chi connectivity index (χ2n) is 6.20. The minimum atomic E-state index is -0.857. The Labute approximate surface area is 138 Å². The van der Waals surface area contributed by atoms with Crippen molar-refractivity contribution < 1.29 is 23.9 Å². The van der Waals surface area contributed by atoms with Gasteiger partial charge in [0.05, 0.1) is 19.4 Å². The maximum Gasteiger partial charge on any atom is 0.357 e. The molecular formula is C15H20N2O5S. The van der Waals surface area contributed by atoms with Crippen molar-refractivity contribution in [3.63, 3.8) is 0 Å². The second-order valence-corrected chi connectivity index (χ2v) is 7.23. The lowest BCUT2D eigenvalue weighted by atomic mass is 9.90. The first-order chi connectivity index (χ1) is 10.7. The average Bonchev–Trinajstić information content (AvgIpc) is 2.98. The number of rotatable bonds is 4. The van der Waals surface area contributed by atoms with E-state index in [4.69, 9.17) is 9.47 Å². The highest BCUT2D eigenvalue weighted by molar-refractivity contribution is 7.16. The summed E-state index contributed by atoms with van der Waals surface area (Å²) in [4.78, 5) is 40.5. The van der Waals surface area contributed by atoms with Gasteiger partial charge in [-0.3, -0.25) is 9.59 Å². The number of ether oxygens (including phenoxy) is 2. The Morgan fingerprint density at radius 2 is 2.09 bits per heavy atom. The monoisotopic (exact) mass is 340 g/mol. The molecule has 2 heterocycles. The van der Waals surface area contributed by atoms with Crippen LogP contribution >= 0.6 is 11.3 Å².